The van der Waals surface area contributed by atoms with E-state index in [0.717, 1.165) is 33.3 Å². The topological polar surface area (TPSA) is 123 Å². The lowest BCUT2D eigenvalue weighted by molar-refractivity contribution is -0.137. The number of carboxylic acids is 1. The second-order valence-corrected chi connectivity index (χ2v) is 9.86. The van der Waals surface area contributed by atoms with Crippen LogP contribution < -0.4 is 15.4 Å². The Morgan fingerprint density at radius 2 is 1.88 bits per heavy atom. The number of aliphatic carboxylic acids is 1. The molecule has 0 saturated heterocycles. The van der Waals surface area contributed by atoms with E-state index in [1.165, 1.54) is 0 Å². The quantitative estimate of drug-likeness (QED) is 0.240. The Morgan fingerprint density at radius 3 is 2.58 bits per heavy atom. The number of nitrogens with one attached hydrogen (secondary N) is 2. The van der Waals surface area contributed by atoms with Crippen LogP contribution in [0.3, 0.4) is 0 Å². The molecule has 2 aromatic carbocycles. The number of benzene rings is 2. The van der Waals surface area contributed by atoms with Gasteiger partial charge in [0, 0.05) is 47.5 Å². The molecule has 0 aliphatic rings. The molecule has 0 fully saturated rings. The molecule has 0 spiro atoms. The summed E-state index contributed by atoms with van der Waals surface area (Å²) in [4.78, 5) is 41.1. The van der Waals surface area contributed by atoms with Crippen LogP contribution in [0.5, 0.6) is 5.75 Å². The summed E-state index contributed by atoms with van der Waals surface area (Å²) in [5.74, 6) is -0.651. The van der Waals surface area contributed by atoms with Gasteiger partial charge in [-0.2, -0.15) is 0 Å². The van der Waals surface area contributed by atoms with Gasteiger partial charge in [0.05, 0.1) is 6.20 Å². The Hall–Kier alpha value is -4.66. The summed E-state index contributed by atoms with van der Waals surface area (Å²) in [7, 11) is 1.58. The lowest BCUT2D eigenvalue weighted by atomic mass is 10.0. The molecule has 40 heavy (non-hydrogen) atoms. The Kier molecular flexibility index (Phi) is 8.83. The lowest BCUT2D eigenvalue weighted by Crippen LogP contribution is -2.24. The van der Waals surface area contributed by atoms with E-state index in [1.54, 1.807) is 25.4 Å². The Balaban J connectivity index is 1.58. The maximum Gasteiger partial charge on any atom is 0.303 e. The molecule has 4 rings (SSSR count). The first-order chi connectivity index (χ1) is 19.2. The van der Waals surface area contributed by atoms with Crippen LogP contribution in [0.4, 0.5) is 5.69 Å². The summed E-state index contributed by atoms with van der Waals surface area (Å²) in [6, 6.07) is 14.3. The minimum atomic E-state index is -0.859. The summed E-state index contributed by atoms with van der Waals surface area (Å²) in [5.41, 5.74) is 5.51. The van der Waals surface area contributed by atoms with Crippen molar-refractivity contribution in [2.75, 3.05) is 12.4 Å². The van der Waals surface area contributed by atoms with Crippen LogP contribution in [0.1, 0.15) is 58.5 Å². The molecule has 9 heteroatoms. The molecule has 0 aliphatic carbocycles. The highest BCUT2D eigenvalue weighted by molar-refractivity contribution is 6.00. The molecule has 208 valence electrons. The number of fused-ring (bicyclic) bond motifs is 1. The first-order valence-corrected chi connectivity index (χ1v) is 13.2. The van der Waals surface area contributed by atoms with Crippen LogP contribution in [-0.4, -0.2) is 39.5 Å². The number of hydrogen-bond donors (Lipinski definition) is 3. The van der Waals surface area contributed by atoms with Crippen molar-refractivity contribution < 1.29 is 24.2 Å². The number of aromatic nitrogens is 2. The Bertz CT molecular complexity index is 1540. The minimum Gasteiger partial charge on any atom is -0.487 e. The van der Waals surface area contributed by atoms with Crippen LogP contribution >= 0.6 is 0 Å². The fourth-order valence-corrected chi connectivity index (χ4v) is 4.58. The molecule has 0 radical (unpaired) electrons. The molecule has 0 bridgehead atoms. The second-order valence-electron chi connectivity index (χ2n) is 9.86. The number of aryl methyl sites for hydroxylation is 3. The van der Waals surface area contributed by atoms with E-state index < -0.39 is 12.0 Å². The predicted octanol–water partition coefficient (Wildman–Crippen LogP) is 5.20. The van der Waals surface area contributed by atoms with E-state index in [-0.39, 0.29) is 24.8 Å². The Labute approximate surface area is 233 Å². The van der Waals surface area contributed by atoms with Crippen molar-refractivity contribution in [1.29, 1.82) is 0 Å². The number of hydrogen-bond acceptors (Lipinski definition) is 5. The highest BCUT2D eigenvalue weighted by Gasteiger charge is 2.20. The summed E-state index contributed by atoms with van der Waals surface area (Å²) in [6.45, 7) is 5.96. The fourth-order valence-electron chi connectivity index (χ4n) is 4.58. The van der Waals surface area contributed by atoms with E-state index >= 15 is 0 Å². The maximum absolute atomic E-state index is 13.6. The number of rotatable bonds is 11. The van der Waals surface area contributed by atoms with Gasteiger partial charge < -0.3 is 25.0 Å². The SMILES string of the molecule is CNC(=O)c1ccc2c(C)cn(C(C)C(=O)Nc3cc(COc4ccc(C)nc4)ccc3CCCC(=O)O)c2c1. The standard InChI is InChI=1S/C31H34N4O5/c1-19-17-35(28-15-24(31(39)32-4)11-13-26(19)28)21(3)30(38)34-27-14-22(9-10-23(27)6-5-7-29(36)37)18-40-25-12-8-20(2)33-16-25/h8-17,21H,5-7,18H2,1-4H3,(H,32,39)(H,34,38)(H,36,37). The summed E-state index contributed by atoms with van der Waals surface area (Å²) >= 11 is 0. The van der Waals surface area contributed by atoms with Crippen molar-refractivity contribution in [3.8, 4) is 5.75 Å². The minimum absolute atomic E-state index is 0.0391. The highest BCUT2D eigenvalue weighted by atomic mass is 16.5. The number of amides is 2. The molecule has 4 aromatic rings. The average Bonchev–Trinajstić information content (AvgIpc) is 3.28. The van der Waals surface area contributed by atoms with Crippen molar-refractivity contribution >= 4 is 34.4 Å². The van der Waals surface area contributed by atoms with Gasteiger partial charge in [0.25, 0.3) is 5.91 Å². The predicted molar refractivity (Wildman–Crippen MR) is 154 cm³/mol. The van der Waals surface area contributed by atoms with E-state index in [9.17, 15) is 14.4 Å². The van der Waals surface area contributed by atoms with Gasteiger partial charge in [0.15, 0.2) is 0 Å². The fraction of sp³-hybridized carbons (Fsp3) is 0.290. The smallest absolute Gasteiger partial charge is 0.303 e. The molecule has 3 N–H and O–H groups in total. The first-order valence-electron chi connectivity index (χ1n) is 13.2. The first kappa shape index (κ1) is 28.4. The van der Waals surface area contributed by atoms with E-state index in [2.05, 4.69) is 15.6 Å². The molecule has 2 amide bonds. The zero-order valence-electron chi connectivity index (χ0n) is 23.2. The van der Waals surface area contributed by atoms with Crippen LogP contribution in [0, 0.1) is 13.8 Å². The zero-order chi connectivity index (χ0) is 28.8. The molecule has 0 saturated carbocycles. The molecular weight excluding hydrogens is 508 g/mol. The molecule has 1 unspecified atom stereocenters. The molecule has 9 nitrogen and oxygen atoms in total. The Morgan fingerprint density at radius 1 is 1.07 bits per heavy atom. The van der Waals surface area contributed by atoms with Crippen LogP contribution in [0.2, 0.25) is 0 Å². The number of anilines is 1. The van der Waals surface area contributed by atoms with Gasteiger partial charge >= 0.3 is 5.97 Å². The van der Waals surface area contributed by atoms with Gasteiger partial charge in [-0.3, -0.25) is 19.4 Å². The third-order valence-corrected chi connectivity index (χ3v) is 6.88. The number of pyridine rings is 1. The number of ether oxygens (including phenoxy) is 1. The van der Waals surface area contributed by atoms with Crippen molar-refractivity contribution in [2.24, 2.45) is 0 Å². The monoisotopic (exact) mass is 542 g/mol. The normalized spacial score (nSPS) is 11.7. The van der Waals surface area contributed by atoms with Crippen LogP contribution in [0.25, 0.3) is 10.9 Å². The molecule has 2 aromatic heterocycles. The van der Waals surface area contributed by atoms with Crippen molar-refractivity contribution in [3.05, 3.63) is 88.9 Å². The van der Waals surface area contributed by atoms with E-state index in [1.807, 2.05) is 67.9 Å². The van der Waals surface area contributed by atoms with Crippen molar-refractivity contribution in [2.45, 2.75) is 52.7 Å². The number of carbonyl (C=O) groups excluding carboxylic acids is 2. The highest BCUT2D eigenvalue weighted by Crippen LogP contribution is 2.28. The van der Waals surface area contributed by atoms with Gasteiger partial charge in [-0.15, -0.1) is 0 Å². The number of carbonyl (C=O) groups is 3. The number of carboxylic acid groups (broad SMARTS) is 1. The zero-order valence-corrected chi connectivity index (χ0v) is 23.2. The van der Waals surface area contributed by atoms with Crippen LogP contribution in [0.15, 0.2) is 60.9 Å². The van der Waals surface area contributed by atoms with E-state index in [4.69, 9.17) is 9.84 Å². The van der Waals surface area contributed by atoms with Crippen molar-refractivity contribution in [1.82, 2.24) is 14.9 Å². The number of nitrogens with zero attached hydrogens (tertiary/aromatic N) is 2. The summed E-state index contributed by atoms with van der Waals surface area (Å²) in [5, 5.41) is 15.7. The van der Waals surface area contributed by atoms with Gasteiger partial charge in [-0.05, 0) is 80.6 Å². The molecular formula is C31H34N4O5. The summed E-state index contributed by atoms with van der Waals surface area (Å²) < 4.78 is 7.75. The van der Waals surface area contributed by atoms with Gasteiger partial charge in [-0.25, -0.2) is 0 Å². The molecule has 0 aliphatic heterocycles. The molecule has 1 atom stereocenters. The van der Waals surface area contributed by atoms with E-state index in [0.29, 0.717) is 29.8 Å². The third kappa shape index (κ3) is 6.66. The molecule has 2 heterocycles. The van der Waals surface area contributed by atoms with Gasteiger partial charge in [0.2, 0.25) is 5.91 Å². The maximum atomic E-state index is 13.6. The largest absolute Gasteiger partial charge is 0.487 e. The average molecular weight is 543 g/mol. The lowest BCUT2D eigenvalue weighted by Gasteiger charge is -2.18. The van der Waals surface area contributed by atoms with Gasteiger partial charge in [0.1, 0.15) is 18.4 Å². The van der Waals surface area contributed by atoms with Crippen LogP contribution in [-0.2, 0) is 22.6 Å². The summed E-state index contributed by atoms with van der Waals surface area (Å²) in [6.07, 6.45) is 4.56. The van der Waals surface area contributed by atoms with Crippen molar-refractivity contribution in [3.63, 3.8) is 0 Å². The second kappa shape index (κ2) is 12.5. The van der Waals surface area contributed by atoms with Gasteiger partial charge in [-0.1, -0.05) is 18.2 Å². The third-order valence-electron chi connectivity index (χ3n) is 6.88.